The quantitative estimate of drug-likeness (QED) is 0.213. The second-order valence-corrected chi connectivity index (χ2v) is 11.8. The number of methoxy groups -OCH3 is 1. The number of nitrogens with zero attached hydrogens (tertiary/aromatic N) is 3. The van der Waals surface area contributed by atoms with Crippen LogP contribution in [0.5, 0.6) is 5.75 Å². The zero-order chi connectivity index (χ0) is 33.0. The van der Waals surface area contributed by atoms with E-state index in [1.807, 2.05) is 79.7 Å². The number of ether oxygens (including phenoxy) is 1. The molecule has 1 aliphatic heterocycles. The summed E-state index contributed by atoms with van der Waals surface area (Å²) in [6, 6.07) is 27.8. The highest BCUT2D eigenvalue weighted by atomic mass is 16.5. The van der Waals surface area contributed by atoms with Gasteiger partial charge in [-0.1, -0.05) is 62.4 Å². The highest BCUT2D eigenvalue weighted by molar-refractivity contribution is 6.52. The lowest BCUT2D eigenvalue weighted by Crippen LogP contribution is -2.46. The van der Waals surface area contributed by atoms with Gasteiger partial charge < -0.3 is 19.9 Å². The first kappa shape index (κ1) is 32.0. The van der Waals surface area contributed by atoms with E-state index in [2.05, 4.69) is 19.2 Å². The molecule has 0 aliphatic carbocycles. The summed E-state index contributed by atoms with van der Waals surface area (Å²) in [5.41, 5.74) is 4.63. The van der Waals surface area contributed by atoms with Crippen LogP contribution in [0.25, 0.3) is 0 Å². The van der Waals surface area contributed by atoms with Crippen molar-refractivity contribution in [1.82, 2.24) is 4.90 Å². The van der Waals surface area contributed by atoms with E-state index in [1.165, 1.54) is 9.80 Å². The molecule has 4 aromatic carbocycles. The topological polar surface area (TPSA) is 99.3 Å². The Labute approximate surface area is 269 Å². The zero-order valence-electron chi connectivity index (χ0n) is 26.7. The van der Waals surface area contributed by atoms with Crippen LogP contribution >= 0.6 is 0 Å². The molecule has 0 unspecified atom stereocenters. The van der Waals surface area contributed by atoms with E-state index in [9.17, 15) is 19.2 Å². The molecule has 1 aliphatic rings. The summed E-state index contributed by atoms with van der Waals surface area (Å²) in [5, 5.41) is 3.00. The van der Waals surface area contributed by atoms with Crippen molar-refractivity contribution in [3.63, 3.8) is 0 Å². The summed E-state index contributed by atoms with van der Waals surface area (Å²) in [6.07, 6.45) is 0. The smallest absolute Gasteiger partial charge is 0.299 e. The molecule has 5 rings (SSSR count). The van der Waals surface area contributed by atoms with Crippen LogP contribution in [0.4, 0.5) is 17.1 Å². The van der Waals surface area contributed by atoms with Crippen LogP contribution < -0.4 is 19.9 Å². The van der Waals surface area contributed by atoms with Gasteiger partial charge in [-0.05, 0) is 71.1 Å². The van der Waals surface area contributed by atoms with Gasteiger partial charge >= 0.3 is 0 Å². The van der Waals surface area contributed by atoms with Crippen molar-refractivity contribution in [3.05, 3.63) is 119 Å². The number of benzene rings is 4. The van der Waals surface area contributed by atoms with Crippen LogP contribution in [-0.2, 0) is 20.9 Å². The number of fused-ring (bicyclic) bond motifs is 1. The number of carbonyl (C=O) groups excluding carboxylic acids is 4. The number of carbonyl (C=O) groups is 4. The molecule has 0 fully saturated rings. The fraction of sp³-hybridized carbons (Fsp3) is 0.243. The van der Waals surface area contributed by atoms with Crippen molar-refractivity contribution in [2.75, 3.05) is 42.9 Å². The minimum atomic E-state index is -1.06. The van der Waals surface area contributed by atoms with Gasteiger partial charge in [0, 0.05) is 32.0 Å². The maximum Gasteiger partial charge on any atom is 0.299 e. The summed E-state index contributed by atoms with van der Waals surface area (Å²) in [4.78, 5) is 59.0. The average Bonchev–Trinajstić information content (AvgIpc) is 3.30. The molecule has 4 aromatic rings. The molecule has 0 radical (unpaired) electrons. The Morgan fingerprint density at radius 1 is 0.826 bits per heavy atom. The number of rotatable bonds is 11. The van der Waals surface area contributed by atoms with Gasteiger partial charge in [-0.25, -0.2) is 0 Å². The molecule has 9 heteroatoms. The van der Waals surface area contributed by atoms with E-state index >= 15 is 0 Å². The monoisotopic (exact) mass is 618 g/mol. The number of hydrogen-bond acceptors (Lipinski definition) is 6. The molecule has 236 valence electrons. The molecule has 0 bridgehead atoms. The highest BCUT2D eigenvalue weighted by Gasteiger charge is 2.39. The Bertz CT molecular complexity index is 1730. The van der Waals surface area contributed by atoms with Gasteiger partial charge in [0.15, 0.2) is 0 Å². The van der Waals surface area contributed by atoms with Crippen LogP contribution in [0, 0.1) is 0 Å². The fourth-order valence-corrected chi connectivity index (χ4v) is 5.47. The zero-order valence-corrected chi connectivity index (χ0v) is 26.7. The Morgan fingerprint density at radius 3 is 2.07 bits per heavy atom. The van der Waals surface area contributed by atoms with Gasteiger partial charge in [-0.3, -0.25) is 24.1 Å². The third-order valence-electron chi connectivity index (χ3n) is 8.13. The average molecular weight is 619 g/mol. The van der Waals surface area contributed by atoms with Gasteiger partial charge in [0.1, 0.15) is 18.3 Å². The van der Waals surface area contributed by atoms with E-state index in [0.717, 1.165) is 16.8 Å². The summed E-state index contributed by atoms with van der Waals surface area (Å²) in [7, 11) is 5.44. The SMILES string of the molecule is COc1ccc(CN(C(=O)CN2C(=O)C(=O)c3ccccc32)[C@H](C(=O)Nc2ccc(N(C)C)cc2)c2ccc(C(C)C)cc2)cc1. The van der Waals surface area contributed by atoms with Gasteiger partial charge in [-0.2, -0.15) is 0 Å². The maximum absolute atomic E-state index is 14.4. The molecular formula is C37H38N4O5. The summed E-state index contributed by atoms with van der Waals surface area (Å²) < 4.78 is 5.32. The van der Waals surface area contributed by atoms with Gasteiger partial charge in [-0.15, -0.1) is 0 Å². The predicted molar refractivity (Wildman–Crippen MR) is 179 cm³/mol. The first-order chi connectivity index (χ1) is 22.1. The number of amides is 3. The molecule has 0 aromatic heterocycles. The van der Waals surface area contributed by atoms with E-state index in [-0.39, 0.29) is 18.0 Å². The lowest BCUT2D eigenvalue weighted by molar-refractivity contribution is -0.139. The van der Waals surface area contributed by atoms with Crippen LogP contribution in [0.15, 0.2) is 97.1 Å². The molecule has 46 heavy (non-hydrogen) atoms. The maximum atomic E-state index is 14.4. The third-order valence-corrected chi connectivity index (χ3v) is 8.13. The molecule has 9 nitrogen and oxygen atoms in total. The predicted octanol–water partition coefficient (Wildman–Crippen LogP) is 5.82. The number of anilines is 3. The number of para-hydroxylation sites is 1. The number of Topliss-reactive ketones (excluding diaryl/α,β-unsaturated/α-hetero) is 1. The van der Waals surface area contributed by atoms with Crippen LogP contribution in [0.3, 0.4) is 0 Å². The van der Waals surface area contributed by atoms with Crippen molar-refractivity contribution < 1.29 is 23.9 Å². The minimum Gasteiger partial charge on any atom is -0.497 e. The van der Waals surface area contributed by atoms with Crippen molar-refractivity contribution >= 4 is 40.6 Å². The van der Waals surface area contributed by atoms with E-state index in [1.54, 1.807) is 43.5 Å². The largest absolute Gasteiger partial charge is 0.497 e. The third kappa shape index (κ3) is 6.78. The van der Waals surface area contributed by atoms with Crippen LogP contribution in [0.2, 0.25) is 0 Å². The first-order valence-corrected chi connectivity index (χ1v) is 15.1. The number of hydrogen-bond donors (Lipinski definition) is 1. The van der Waals surface area contributed by atoms with E-state index in [4.69, 9.17) is 4.74 Å². The fourth-order valence-electron chi connectivity index (χ4n) is 5.47. The molecule has 3 amide bonds. The van der Waals surface area contributed by atoms with Crippen LogP contribution in [0.1, 0.15) is 52.9 Å². The van der Waals surface area contributed by atoms with Gasteiger partial charge in [0.2, 0.25) is 5.91 Å². The summed E-state index contributed by atoms with van der Waals surface area (Å²) >= 11 is 0. The second-order valence-electron chi connectivity index (χ2n) is 11.8. The summed E-state index contributed by atoms with van der Waals surface area (Å²) in [5.74, 6) is -1.43. The lowest BCUT2D eigenvalue weighted by atomic mass is 9.97. The molecule has 0 saturated heterocycles. The van der Waals surface area contributed by atoms with E-state index in [0.29, 0.717) is 22.7 Å². The Hall–Kier alpha value is -5.44. The van der Waals surface area contributed by atoms with Crippen molar-refractivity contribution in [1.29, 1.82) is 0 Å². The highest BCUT2D eigenvalue weighted by Crippen LogP contribution is 2.31. The van der Waals surface area contributed by atoms with E-state index < -0.39 is 36.1 Å². The molecule has 1 atom stereocenters. The second kappa shape index (κ2) is 13.7. The molecule has 1 N–H and O–H groups in total. The Morgan fingerprint density at radius 2 is 1.46 bits per heavy atom. The van der Waals surface area contributed by atoms with Gasteiger partial charge in [0.05, 0.1) is 18.4 Å². The Balaban J connectivity index is 1.55. The normalized spacial score (nSPS) is 13.0. The van der Waals surface area contributed by atoms with Gasteiger partial charge in [0.25, 0.3) is 17.6 Å². The standard InChI is InChI=1S/C37H38N4O5/c1-24(2)26-12-14-27(15-13-26)34(36(44)38-28-16-18-29(19-17-28)39(3)4)41(22-25-10-20-30(46-5)21-11-25)33(42)23-40-32-9-7-6-8-31(32)35(43)37(40)45/h6-21,24,34H,22-23H2,1-5H3,(H,38,44)/t34-/m0/s1. The molecule has 1 heterocycles. The lowest BCUT2D eigenvalue weighted by Gasteiger charge is -2.33. The van der Waals surface area contributed by atoms with Crippen LogP contribution in [-0.4, -0.2) is 56.2 Å². The summed E-state index contributed by atoms with van der Waals surface area (Å²) in [6.45, 7) is 3.82. The van der Waals surface area contributed by atoms with Crippen molar-refractivity contribution in [2.24, 2.45) is 0 Å². The number of nitrogens with one attached hydrogen (secondary N) is 1. The van der Waals surface area contributed by atoms with Crippen molar-refractivity contribution in [3.8, 4) is 5.75 Å². The number of ketones is 1. The molecular weight excluding hydrogens is 580 g/mol. The minimum absolute atomic E-state index is 0.0596. The molecule has 0 spiro atoms. The first-order valence-electron chi connectivity index (χ1n) is 15.1. The van der Waals surface area contributed by atoms with Crippen molar-refractivity contribution in [2.45, 2.75) is 32.4 Å². The molecule has 0 saturated carbocycles. The Kier molecular flexibility index (Phi) is 9.51.